The molecule has 0 radical (unpaired) electrons. The van der Waals surface area contributed by atoms with Crippen molar-refractivity contribution in [1.82, 2.24) is 0 Å². The van der Waals surface area contributed by atoms with Crippen LogP contribution in [0.3, 0.4) is 0 Å². The lowest BCUT2D eigenvalue weighted by Crippen LogP contribution is -2.45. The fourth-order valence-corrected chi connectivity index (χ4v) is 5.11. The molecule has 0 amide bonds. The highest BCUT2D eigenvalue weighted by molar-refractivity contribution is 5.14. The van der Waals surface area contributed by atoms with Gasteiger partial charge in [0.05, 0.1) is 12.2 Å². The molecule has 7 atom stereocenters. The van der Waals surface area contributed by atoms with E-state index < -0.39 is 6.48 Å². The number of hydrogen-bond donors (Lipinski definition) is 1. The van der Waals surface area contributed by atoms with E-state index in [1.165, 1.54) is 19.3 Å². The third-order valence-corrected chi connectivity index (χ3v) is 5.91. The highest BCUT2D eigenvalue weighted by Crippen LogP contribution is 2.63. The molecule has 3 saturated carbocycles. The van der Waals surface area contributed by atoms with E-state index in [-0.39, 0.29) is 12.2 Å². The van der Waals surface area contributed by atoms with Gasteiger partial charge in [-0.05, 0) is 56.3 Å². The number of fused-ring (bicyclic) bond motifs is 4. The predicted molar refractivity (Wildman–Crippen MR) is 65.6 cm³/mol. The average molecular weight is 253 g/mol. The van der Waals surface area contributed by atoms with Crippen LogP contribution in [-0.4, -0.2) is 31.3 Å². The molecule has 18 heavy (non-hydrogen) atoms. The van der Waals surface area contributed by atoms with Gasteiger partial charge in [-0.2, -0.15) is 0 Å². The summed E-state index contributed by atoms with van der Waals surface area (Å²) in [5.74, 6) is 1.58. The Hall–Kier alpha value is -0.160. The molecule has 3 unspecified atom stereocenters. The molecule has 4 rings (SSSR count). The third kappa shape index (κ3) is 1.40. The van der Waals surface area contributed by atoms with Gasteiger partial charge < -0.3 is 19.9 Å². The van der Waals surface area contributed by atoms with Crippen LogP contribution in [-0.2, 0) is 14.2 Å². The zero-order valence-electron chi connectivity index (χ0n) is 11.0. The third-order valence-electron chi connectivity index (χ3n) is 5.91. The SMILES string of the molecule is CCO[C@H]1OC2C[C@]3(C[C@H]2O1)C1CCC(C1)[C@H]3N. The van der Waals surface area contributed by atoms with E-state index in [1.807, 2.05) is 6.92 Å². The molecule has 2 bridgehead atoms. The molecule has 0 aromatic rings. The first kappa shape index (κ1) is 11.6. The zero-order chi connectivity index (χ0) is 12.3. The summed E-state index contributed by atoms with van der Waals surface area (Å²) in [4.78, 5) is 0. The Morgan fingerprint density at radius 1 is 1.22 bits per heavy atom. The van der Waals surface area contributed by atoms with E-state index >= 15 is 0 Å². The fraction of sp³-hybridized carbons (Fsp3) is 1.00. The quantitative estimate of drug-likeness (QED) is 0.812. The van der Waals surface area contributed by atoms with Crippen LogP contribution in [0.15, 0.2) is 0 Å². The first-order valence-corrected chi connectivity index (χ1v) is 7.41. The van der Waals surface area contributed by atoms with Crippen molar-refractivity contribution in [2.45, 2.75) is 63.8 Å². The van der Waals surface area contributed by atoms with Crippen LogP contribution in [0, 0.1) is 17.3 Å². The number of rotatable bonds is 2. The van der Waals surface area contributed by atoms with E-state index in [0.29, 0.717) is 18.1 Å². The minimum Gasteiger partial charge on any atom is -0.330 e. The lowest BCUT2D eigenvalue weighted by atomic mass is 9.69. The van der Waals surface area contributed by atoms with Crippen molar-refractivity contribution in [1.29, 1.82) is 0 Å². The summed E-state index contributed by atoms with van der Waals surface area (Å²) in [6.07, 6.45) is 6.65. The van der Waals surface area contributed by atoms with E-state index in [1.54, 1.807) is 0 Å². The molecule has 1 spiro atoms. The first-order chi connectivity index (χ1) is 8.73. The van der Waals surface area contributed by atoms with Crippen molar-refractivity contribution >= 4 is 0 Å². The molecule has 4 heteroatoms. The lowest BCUT2D eigenvalue weighted by molar-refractivity contribution is -0.247. The van der Waals surface area contributed by atoms with Crippen molar-refractivity contribution < 1.29 is 14.2 Å². The predicted octanol–water partition coefficient (Wildman–Crippen LogP) is 1.63. The summed E-state index contributed by atoms with van der Waals surface area (Å²) in [7, 11) is 0. The van der Waals surface area contributed by atoms with Gasteiger partial charge in [0.25, 0.3) is 6.48 Å². The molecule has 3 aliphatic carbocycles. The standard InChI is InChI=1S/C14H23NO3/c1-2-16-13-17-10-6-14(7-11(10)18-13)9-4-3-8(5-9)12(14)15/h8-13H,2-7,15H2,1H3/t8?,9?,10-,11?,12-,13-,14-/m1/s1. The van der Waals surface area contributed by atoms with Crippen molar-refractivity contribution in [2.24, 2.45) is 23.0 Å². The van der Waals surface area contributed by atoms with Gasteiger partial charge in [-0.15, -0.1) is 0 Å². The minimum absolute atomic E-state index is 0.215. The Morgan fingerprint density at radius 3 is 2.50 bits per heavy atom. The second-order valence-corrected chi connectivity index (χ2v) is 6.53. The van der Waals surface area contributed by atoms with Crippen LogP contribution in [0.1, 0.15) is 39.0 Å². The van der Waals surface area contributed by atoms with Crippen LogP contribution in [0.4, 0.5) is 0 Å². The van der Waals surface area contributed by atoms with Gasteiger partial charge in [0.15, 0.2) is 0 Å². The Morgan fingerprint density at radius 2 is 1.94 bits per heavy atom. The molecule has 4 fully saturated rings. The summed E-state index contributed by atoms with van der Waals surface area (Å²) in [6, 6.07) is 0.375. The van der Waals surface area contributed by atoms with Crippen LogP contribution in [0.25, 0.3) is 0 Å². The van der Waals surface area contributed by atoms with Crippen molar-refractivity contribution in [2.75, 3.05) is 6.61 Å². The van der Waals surface area contributed by atoms with Crippen LogP contribution in [0.5, 0.6) is 0 Å². The summed E-state index contributed by atoms with van der Waals surface area (Å²) in [5.41, 5.74) is 6.83. The molecule has 1 saturated heterocycles. The molecular formula is C14H23NO3. The lowest BCUT2D eigenvalue weighted by Gasteiger charge is -2.40. The zero-order valence-corrected chi connectivity index (χ0v) is 11.0. The van der Waals surface area contributed by atoms with Crippen LogP contribution < -0.4 is 5.73 Å². The van der Waals surface area contributed by atoms with Gasteiger partial charge in [-0.3, -0.25) is 0 Å². The summed E-state index contributed by atoms with van der Waals surface area (Å²) >= 11 is 0. The molecule has 1 aliphatic heterocycles. The number of ether oxygens (including phenoxy) is 3. The maximum atomic E-state index is 6.51. The van der Waals surface area contributed by atoms with Crippen molar-refractivity contribution in [3.05, 3.63) is 0 Å². The molecule has 4 nitrogen and oxygen atoms in total. The molecule has 1 heterocycles. The fourth-order valence-electron chi connectivity index (χ4n) is 5.11. The summed E-state index contributed by atoms with van der Waals surface area (Å²) in [6.45, 7) is 2.17. The van der Waals surface area contributed by atoms with Gasteiger partial charge in [0.1, 0.15) is 0 Å². The molecule has 2 N–H and O–H groups in total. The van der Waals surface area contributed by atoms with Gasteiger partial charge in [-0.25, -0.2) is 0 Å². The van der Waals surface area contributed by atoms with E-state index in [2.05, 4.69) is 0 Å². The van der Waals surface area contributed by atoms with E-state index in [4.69, 9.17) is 19.9 Å². The van der Waals surface area contributed by atoms with Crippen molar-refractivity contribution in [3.63, 3.8) is 0 Å². The second-order valence-electron chi connectivity index (χ2n) is 6.53. The average Bonchev–Trinajstić information content (AvgIpc) is 3.02. The molecule has 4 aliphatic rings. The van der Waals surface area contributed by atoms with E-state index in [9.17, 15) is 0 Å². The van der Waals surface area contributed by atoms with Crippen molar-refractivity contribution in [3.8, 4) is 0 Å². The topological polar surface area (TPSA) is 53.7 Å². The first-order valence-electron chi connectivity index (χ1n) is 7.41. The largest absolute Gasteiger partial charge is 0.330 e. The van der Waals surface area contributed by atoms with Crippen LogP contribution in [0.2, 0.25) is 0 Å². The van der Waals surface area contributed by atoms with Gasteiger partial charge in [0.2, 0.25) is 0 Å². The van der Waals surface area contributed by atoms with E-state index in [0.717, 1.165) is 24.7 Å². The second kappa shape index (κ2) is 3.92. The highest BCUT2D eigenvalue weighted by atomic mass is 16.9. The number of nitrogens with two attached hydrogens (primary N) is 1. The molecule has 0 aromatic carbocycles. The monoisotopic (exact) mass is 253 g/mol. The Bertz CT molecular complexity index is 330. The van der Waals surface area contributed by atoms with Gasteiger partial charge in [0, 0.05) is 12.6 Å². The van der Waals surface area contributed by atoms with Gasteiger partial charge >= 0.3 is 0 Å². The molecule has 102 valence electrons. The molecule has 0 aromatic heterocycles. The summed E-state index contributed by atoms with van der Waals surface area (Å²) < 4.78 is 17.1. The highest BCUT2D eigenvalue weighted by Gasteiger charge is 2.63. The Balaban J connectivity index is 1.50. The van der Waals surface area contributed by atoms with Gasteiger partial charge in [-0.1, -0.05) is 0 Å². The Kier molecular flexibility index (Phi) is 2.54. The minimum atomic E-state index is -0.433. The number of hydrogen-bond acceptors (Lipinski definition) is 4. The van der Waals surface area contributed by atoms with Crippen LogP contribution >= 0.6 is 0 Å². The Labute approximate surface area is 108 Å². The smallest absolute Gasteiger partial charge is 0.272 e. The normalized spacial score (nSPS) is 57.7. The molecular weight excluding hydrogens is 230 g/mol. The maximum absolute atomic E-state index is 6.51. The summed E-state index contributed by atoms with van der Waals surface area (Å²) in [5, 5.41) is 0. The maximum Gasteiger partial charge on any atom is 0.272 e.